The van der Waals surface area contributed by atoms with E-state index in [-0.39, 0.29) is 10.7 Å². The second-order valence-corrected chi connectivity index (χ2v) is 12.0. The first kappa shape index (κ1) is 26.5. The first-order valence-corrected chi connectivity index (χ1v) is 14.0. The molecular weight excluding hydrogens is 486 g/mol. The Morgan fingerprint density at radius 1 is 1.00 bits per heavy atom. The third-order valence-corrected chi connectivity index (χ3v) is 8.41. The number of rotatable bonds is 10. The number of benzene rings is 2. The molecule has 8 nitrogen and oxygen atoms in total. The van der Waals surface area contributed by atoms with E-state index >= 15 is 0 Å². The van der Waals surface area contributed by atoms with Crippen molar-refractivity contribution in [3.05, 3.63) is 66.4 Å². The number of anilines is 1. The van der Waals surface area contributed by atoms with Gasteiger partial charge >= 0.3 is 0 Å². The Kier molecular flexibility index (Phi) is 8.04. The molecule has 0 fully saturated rings. The van der Waals surface area contributed by atoms with Gasteiger partial charge in [-0.1, -0.05) is 54.9 Å². The lowest BCUT2D eigenvalue weighted by atomic mass is 10.1. The molecule has 0 aliphatic rings. The molecule has 2 N–H and O–H groups in total. The summed E-state index contributed by atoms with van der Waals surface area (Å²) in [6.45, 7) is 7.49. The Hall–Kier alpha value is -3.56. The third-order valence-electron chi connectivity index (χ3n) is 6.24. The number of unbranched alkanes of at least 4 members (excludes halogenated alkanes) is 1. The Labute approximate surface area is 218 Å². The smallest absolute Gasteiger partial charge is 0.189 e. The molecule has 37 heavy (non-hydrogen) atoms. The Morgan fingerprint density at radius 2 is 1.65 bits per heavy atom. The largest absolute Gasteiger partial charge is 0.382 e. The zero-order valence-electron chi connectivity index (χ0n) is 21.7. The van der Waals surface area contributed by atoms with Crippen molar-refractivity contribution >= 4 is 15.7 Å². The van der Waals surface area contributed by atoms with Crippen LogP contribution in [0.15, 0.2) is 70.2 Å². The molecular formula is C28H33N5O3S. The van der Waals surface area contributed by atoms with E-state index in [4.69, 9.17) is 10.3 Å². The topological polar surface area (TPSA) is 115 Å². The lowest BCUT2D eigenvalue weighted by Crippen LogP contribution is -2.18. The molecule has 0 radical (unpaired) electrons. The predicted octanol–water partition coefficient (Wildman–Crippen LogP) is 5.46. The first-order chi connectivity index (χ1) is 17.7. The summed E-state index contributed by atoms with van der Waals surface area (Å²) in [5.74, 6) is 0.625. The minimum absolute atomic E-state index is 0.218. The van der Waals surface area contributed by atoms with Gasteiger partial charge < -0.3 is 15.2 Å². The second-order valence-electron chi connectivity index (χ2n) is 9.47. The molecule has 0 aliphatic carbocycles. The van der Waals surface area contributed by atoms with Crippen LogP contribution in [-0.2, 0) is 16.4 Å². The molecule has 194 valence electrons. The van der Waals surface area contributed by atoms with Gasteiger partial charge in [0.25, 0.3) is 0 Å². The highest BCUT2D eigenvalue weighted by Crippen LogP contribution is 2.30. The van der Waals surface area contributed by atoms with Gasteiger partial charge in [0, 0.05) is 23.7 Å². The number of nitrogen functional groups attached to an aromatic ring is 1. The number of hydrogen-bond acceptors (Lipinski definition) is 8. The summed E-state index contributed by atoms with van der Waals surface area (Å²) < 4.78 is 30.4. The number of aromatic nitrogens is 3. The van der Waals surface area contributed by atoms with Gasteiger partial charge in [0.1, 0.15) is 5.69 Å². The van der Waals surface area contributed by atoms with Crippen LogP contribution in [0.3, 0.4) is 0 Å². The summed E-state index contributed by atoms with van der Waals surface area (Å²) in [6.07, 6.45) is 3.93. The lowest BCUT2D eigenvalue weighted by Gasteiger charge is -2.16. The minimum Gasteiger partial charge on any atom is -0.382 e. The first-order valence-electron chi connectivity index (χ1n) is 12.4. The maximum absolute atomic E-state index is 12.4. The van der Waals surface area contributed by atoms with E-state index in [2.05, 4.69) is 46.1 Å². The van der Waals surface area contributed by atoms with Crippen LogP contribution in [-0.4, -0.2) is 47.3 Å². The molecule has 0 spiro atoms. The lowest BCUT2D eigenvalue weighted by molar-refractivity contribution is 0.321. The van der Waals surface area contributed by atoms with Crippen LogP contribution in [0.1, 0.15) is 39.2 Å². The summed E-state index contributed by atoms with van der Waals surface area (Å²) in [6, 6.07) is 16.7. The molecule has 0 bridgehead atoms. The fourth-order valence-electron chi connectivity index (χ4n) is 3.93. The van der Waals surface area contributed by atoms with Crippen molar-refractivity contribution in [3.8, 4) is 34.0 Å². The summed E-state index contributed by atoms with van der Waals surface area (Å²) in [4.78, 5) is 11.5. The van der Waals surface area contributed by atoms with Crippen LogP contribution in [0.5, 0.6) is 0 Å². The van der Waals surface area contributed by atoms with E-state index in [1.165, 1.54) is 18.4 Å². The quantitative estimate of drug-likeness (QED) is 0.294. The van der Waals surface area contributed by atoms with E-state index in [0.717, 1.165) is 24.2 Å². The van der Waals surface area contributed by atoms with Crippen molar-refractivity contribution in [1.82, 2.24) is 20.0 Å². The monoisotopic (exact) mass is 519 g/mol. The standard InChI is InChI=1S/C28H33N5O3S/c1-5-6-15-33(4)18-20-7-9-21(10-8-20)24-16-26(36-32-24)27-28(29)30-17-25(31-27)22-11-13-23(14-12-22)37(34,35)19(2)3/h7-14,16-17,19H,5-6,15,18H2,1-4H3,(H2,29,30). The van der Waals surface area contributed by atoms with E-state index in [0.29, 0.717) is 22.8 Å². The number of nitrogens with zero attached hydrogens (tertiary/aromatic N) is 4. The van der Waals surface area contributed by atoms with Crippen LogP contribution in [0.4, 0.5) is 5.82 Å². The molecule has 4 rings (SSSR count). The van der Waals surface area contributed by atoms with E-state index in [9.17, 15) is 8.42 Å². The van der Waals surface area contributed by atoms with Crippen molar-refractivity contribution in [2.24, 2.45) is 0 Å². The summed E-state index contributed by atoms with van der Waals surface area (Å²) in [5.41, 5.74) is 10.6. The molecule has 0 saturated heterocycles. The van der Waals surface area contributed by atoms with Gasteiger partial charge in [-0.05, 0) is 51.6 Å². The second kappa shape index (κ2) is 11.2. The van der Waals surface area contributed by atoms with Crippen molar-refractivity contribution in [3.63, 3.8) is 0 Å². The molecule has 9 heteroatoms. The fourth-order valence-corrected chi connectivity index (χ4v) is 4.99. The van der Waals surface area contributed by atoms with E-state index < -0.39 is 15.1 Å². The Balaban J connectivity index is 1.54. The van der Waals surface area contributed by atoms with Crippen LogP contribution >= 0.6 is 0 Å². The summed E-state index contributed by atoms with van der Waals surface area (Å²) >= 11 is 0. The number of sulfone groups is 1. The van der Waals surface area contributed by atoms with Crippen LogP contribution in [0.25, 0.3) is 34.0 Å². The zero-order valence-corrected chi connectivity index (χ0v) is 22.5. The highest BCUT2D eigenvalue weighted by atomic mass is 32.2. The minimum atomic E-state index is -3.35. The van der Waals surface area contributed by atoms with Gasteiger partial charge in [0.05, 0.1) is 22.0 Å². The molecule has 0 amide bonds. The van der Waals surface area contributed by atoms with Crippen molar-refractivity contribution in [2.75, 3.05) is 19.3 Å². The molecule has 0 unspecified atom stereocenters. The van der Waals surface area contributed by atoms with Gasteiger partial charge in [-0.15, -0.1) is 0 Å². The average molecular weight is 520 g/mol. The molecule has 0 aliphatic heterocycles. The molecule has 4 aromatic rings. The highest BCUT2D eigenvalue weighted by molar-refractivity contribution is 7.92. The van der Waals surface area contributed by atoms with Gasteiger partial charge in [0.2, 0.25) is 0 Å². The fraction of sp³-hybridized carbons (Fsp3) is 0.321. The Morgan fingerprint density at radius 3 is 2.30 bits per heavy atom. The summed E-state index contributed by atoms with van der Waals surface area (Å²) in [7, 11) is -1.22. The average Bonchev–Trinajstić information content (AvgIpc) is 3.38. The summed E-state index contributed by atoms with van der Waals surface area (Å²) in [5, 5.41) is 3.72. The van der Waals surface area contributed by atoms with Crippen LogP contribution in [0, 0.1) is 0 Å². The third kappa shape index (κ3) is 6.06. The van der Waals surface area contributed by atoms with Crippen LogP contribution < -0.4 is 5.73 Å². The maximum Gasteiger partial charge on any atom is 0.189 e. The Bertz CT molecular complexity index is 1450. The number of hydrogen-bond donors (Lipinski definition) is 1. The highest BCUT2D eigenvalue weighted by Gasteiger charge is 2.20. The van der Waals surface area contributed by atoms with Crippen molar-refractivity contribution in [1.29, 1.82) is 0 Å². The molecule has 0 saturated carbocycles. The van der Waals surface area contributed by atoms with Crippen LogP contribution in [0.2, 0.25) is 0 Å². The predicted molar refractivity (Wildman–Crippen MR) is 146 cm³/mol. The van der Waals surface area contributed by atoms with Gasteiger partial charge in [-0.3, -0.25) is 0 Å². The SMILES string of the molecule is CCCCN(C)Cc1ccc(-c2cc(-c3nc(-c4ccc(S(=O)(=O)C(C)C)cc4)cnc3N)on2)cc1. The number of nitrogens with two attached hydrogens (primary N) is 1. The van der Waals surface area contributed by atoms with Gasteiger partial charge in [-0.25, -0.2) is 18.4 Å². The normalized spacial score (nSPS) is 11.9. The molecule has 2 aromatic carbocycles. The molecule has 2 heterocycles. The van der Waals surface area contributed by atoms with Gasteiger partial charge in [-0.2, -0.15) is 0 Å². The zero-order chi connectivity index (χ0) is 26.6. The molecule has 2 aromatic heterocycles. The molecule has 0 atom stereocenters. The van der Waals surface area contributed by atoms with Crippen molar-refractivity contribution < 1.29 is 12.9 Å². The van der Waals surface area contributed by atoms with E-state index in [1.807, 2.05) is 12.1 Å². The maximum atomic E-state index is 12.4. The van der Waals surface area contributed by atoms with Gasteiger partial charge in [0.15, 0.2) is 27.1 Å². The van der Waals surface area contributed by atoms with E-state index in [1.54, 1.807) is 50.4 Å². The van der Waals surface area contributed by atoms with Crippen molar-refractivity contribution in [2.45, 2.75) is 50.3 Å².